The van der Waals surface area contributed by atoms with Crippen LogP contribution >= 0.6 is 12.4 Å². The maximum absolute atomic E-state index is 12.3. The number of amides is 1. The third-order valence-corrected chi connectivity index (χ3v) is 5.42. The van der Waals surface area contributed by atoms with Crippen LogP contribution < -0.4 is 15.4 Å². The Kier molecular flexibility index (Phi) is 7.47. The SMILES string of the molecule is CNS(=O)(=O)c1cccc(C(C)NC(=O)C2CCNCC2)c1.Cl. The lowest BCUT2D eigenvalue weighted by Gasteiger charge is -2.24. The van der Waals surface area contributed by atoms with E-state index >= 15 is 0 Å². The monoisotopic (exact) mass is 361 g/mol. The highest BCUT2D eigenvalue weighted by Crippen LogP contribution is 2.19. The first-order valence-electron chi connectivity index (χ1n) is 7.48. The van der Waals surface area contributed by atoms with Gasteiger partial charge in [0.25, 0.3) is 0 Å². The van der Waals surface area contributed by atoms with Crippen LogP contribution in [0.1, 0.15) is 31.4 Å². The minimum atomic E-state index is -3.47. The van der Waals surface area contributed by atoms with Crippen molar-refractivity contribution >= 4 is 28.3 Å². The van der Waals surface area contributed by atoms with E-state index in [1.807, 2.05) is 13.0 Å². The zero-order chi connectivity index (χ0) is 16.2. The molecule has 1 aliphatic heterocycles. The number of rotatable bonds is 5. The van der Waals surface area contributed by atoms with E-state index in [1.165, 1.54) is 13.1 Å². The van der Waals surface area contributed by atoms with E-state index in [1.54, 1.807) is 12.1 Å². The molecular formula is C15H24ClN3O3S. The Hall–Kier alpha value is -1.15. The fourth-order valence-electron chi connectivity index (χ4n) is 2.57. The van der Waals surface area contributed by atoms with Crippen LogP contribution in [0.2, 0.25) is 0 Å². The molecule has 2 rings (SSSR count). The number of nitrogens with one attached hydrogen (secondary N) is 3. The predicted molar refractivity (Wildman–Crippen MR) is 92.1 cm³/mol. The predicted octanol–water partition coefficient (Wildman–Crippen LogP) is 1.19. The molecule has 0 aromatic heterocycles. The Balaban J connectivity index is 0.00000264. The summed E-state index contributed by atoms with van der Waals surface area (Å²) in [6, 6.07) is 6.42. The van der Waals surface area contributed by atoms with Crippen LogP contribution in [0, 0.1) is 5.92 Å². The minimum absolute atomic E-state index is 0. The van der Waals surface area contributed by atoms with Gasteiger partial charge in [-0.05, 0) is 57.6 Å². The molecule has 6 nitrogen and oxygen atoms in total. The summed E-state index contributed by atoms with van der Waals surface area (Å²) >= 11 is 0. The average Bonchev–Trinajstić information content (AvgIpc) is 2.55. The van der Waals surface area contributed by atoms with Crippen molar-refractivity contribution in [2.45, 2.75) is 30.7 Å². The minimum Gasteiger partial charge on any atom is -0.349 e. The molecule has 1 aliphatic rings. The molecule has 0 bridgehead atoms. The number of halogens is 1. The second-order valence-corrected chi connectivity index (χ2v) is 7.42. The summed E-state index contributed by atoms with van der Waals surface area (Å²) in [5.74, 6) is 0.0730. The third-order valence-electron chi connectivity index (χ3n) is 4.01. The van der Waals surface area contributed by atoms with E-state index in [4.69, 9.17) is 0 Å². The molecule has 130 valence electrons. The first-order valence-corrected chi connectivity index (χ1v) is 8.97. The summed E-state index contributed by atoms with van der Waals surface area (Å²) in [6.45, 7) is 3.59. The number of hydrogen-bond donors (Lipinski definition) is 3. The van der Waals surface area contributed by atoms with Gasteiger partial charge in [-0.1, -0.05) is 12.1 Å². The van der Waals surface area contributed by atoms with Gasteiger partial charge in [-0.15, -0.1) is 12.4 Å². The number of sulfonamides is 1. The Bertz CT molecular complexity index is 631. The van der Waals surface area contributed by atoms with Gasteiger partial charge in [-0.25, -0.2) is 13.1 Å². The standard InChI is InChI=1S/C15H23N3O3S.ClH/c1-11(18-15(19)12-6-8-17-9-7-12)13-4-3-5-14(10-13)22(20,21)16-2;/h3-5,10-12,16-17H,6-9H2,1-2H3,(H,18,19);1H. The molecule has 1 amide bonds. The van der Waals surface area contributed by atoms with Crippen molar-refractivity contribution in [1.82, 2.24) is 15.4 Å². The Labute approximate surface area is 143 Å². The van der Waals surface area contributed by atoms with Gasteiger partial charge in [0.15, 0.2) is 0 Å². The lowest BCUT2D eigenvalue weighted by Crippen LogP contribution is -2.39. The van der Waals surface area contributed by atoms with Gasteiger partial charge in [-0.3, -0.25) is 4.79 Å². The van der Waals surface area contributed by atoms with Gasteiger partial charge in [0.2, 0.25) is 15.9 Å². The summed E-state index contributed by atoms with van der Waals surface area (Å²) in [5, 5.41) is 6.21. The second-order valence-electron chi connectivity index (χ2n) is 5.53. The van der Waals surface area contributed by atoms with Gasteiger partial charge < -0.3 is 10.6 Å². The van der Waals surface area contributed by atoms with Crippen LogP contribution in [0.4, 0.5) is 0 Å². The lowest BCUT2D eigenvalue weighted by molar-refractivity contribution is -0.126. The zero-order valence-corrected chi connectivity index (χ0v) is 15.0. The molecule has 1 heterocycles. The van der Waals surface area contributed by atoms with E-state index in [0.29, 0.717) is 0 Å². The largest absolute Gasteiger partial charge is 0.349 e. The third kappa shape index (κ3) is 5.17. The lowest BCUT2D eigenvalue weighted by atomic mass is 9.96. The van der Waals surface area contributed by atoms with Crippen LogP contribution in [0.5, 0.6) is 0 Å². The van der Waals surface area contributed by atoms with E-state index < -0.39 is 10.0 Å². The quantitative estimate of drug-likeness (QED) is 0.735. The molecule has 0 aliphatic carbocycles. The van der Waals surface area contributed by atoms with Gasteiger partial charge in [0.1, 0.15) is 0 Å². The van der Waals surface area contributed by atoms with E-state index in [2.05, 4.69) is 15.4 Å². The Morgan fingerprint density at radius 1 is 1.30 bits per heavy atom. The number of hydrogen-bond acceptors (Lipinski definition) is 4. The van der Waals surface area contributed by atoms with Crippen molar-refractivity contribution in [2.75, 3.05) is 20.1 Å². The molecule has 1 fully saturated rings. The highest BCUT2D eigenvalue weighted by molar-refractivity contribution is 7.89. The Morgan fingerprint density at radius 3 is 2.57 bits per heavy atom. The van der Waals surface area contributed by atoms with Crippen LogP contribution in [0.25, 0.3) is 0 Å². The van der Waals surface area contributed by atoms with Gasteiger partial charge in [0, 0.05) is 5.92 Å². The molecule has 1 saturated heterocycles. The maximum Gasteiger partial charge on any atom is 0.240 e. The number of benzene rings is 1. The van der Waals surface area contributed by atoms with Crippen LogP contribution in [0.3, 0.4) is 0 Å². The van der Waals surface area contributed by atoms with Crippen molar-refractivity contribution in [3.8, 4) is 0 Å². The van der Waals surface area contributed by atoms with Crippen molar-refractivity contribution in [3.63, 3.8) is 0 Å². The summed E-state index contributed by atoms with van der Waals surface area (Å²) in [4.78, 5) is 12.5. The summed E-state index contributed by atoms with van der Waals surface area (Å²) < 4.78 is 26.0. The topological polar surface area (TPSA) is 87.3 Å². The average molecular weight is 362 g/mol. The van der Waals surface area contributed by atoms with Crippen LogP contribution in [0.15, 0.2) is 29.2 Å². The number of carbonyl (C=O) groups is 1. The van der Waals surface area contributed by atoms with Gasteiger partial charge in [-0.2, -0.15) is 0 Å². The summed E-state index contributed by atoms with van der Waals surface area (Å²) in [5.41, 5.74) is 0.776. The second kappa shape index (κ2) is 8.63. The summed E-state index contributed by atoms with van der Waals surface area (Å²) in [7, 11) is -2.09. The molecular weight excluding hydrogens is 338 g/mol. The fourth-order valence-corrected chi connectivity index (χ4v) is 3.35. The van der Waals surface area contributed by atoms with Crippen molar-refractivity contribution in [3.05, 3.63) is 29.8 Å². The molecule has 0 spiro atoms. The molecule has 1 aromatic rings. The molecule has 8 heteroatoms. The smallest absolute Gasteiger partial charge is 0.240 e. The van der Waals surface area contributed by atoms with Gasteiger partial charge in [0.05, 0.1) is 10.9 Å². The van der Waals surface area contributed by atoms with Gasteiger partial charge >= 0.3 is 0 Å². The van der Waals surface area contributed by atoms with Crippen molar-refractivity contribution in [1.29, 1.82) is 0 Å². The van der Waals surface area contributed by atoms with E-state index in [-0.39, 0.29) is 35.2 Å². The Morgan fingerprint density at radius 2 is 1.96 bits per heavy atom. The zero-order valence-electron chi connectivity index (χ0n) is 13.3. The fraction of sp³-hybridized carbons (Fsp3) is 0.533. The van der Waals surface area contributed by atoms with E-state index in [9.17, 15) is 13.2 Å². The molecule has 1 aromatic carbocycles. The van der Waals surface area contributed by atoms with E-state index in [0.717, 1.165) is 31.5 Å². The first-order chi connectivity index (χ1) is 10.4. The van der Waals surface area contributed by atoms with Crippen LogP contribution in [-0.2, 0) is 14.8 Å². The highest BCUT2D eigenvalue weighted by atomic mass is 35.5. The number of piperidine rings is 1. The summed E-state index contributed by atoms with van der Waals surface area (Å²) in [6.07, 6.45) is 1.68. The highest BCUT2D eigenvalue weighted by Gasteiger charge is 2.22. The molecule has 0 saturated carbocycles. The maximum atomic E-state index is 12.3. The first kappa shape index (κ1) is 19.9. The van der Waals surface area contributed by atoms with Crippen molar-refractivity contribution in [2.24, 2.45) is 5.92 Å². The number of carbonyl (C=O) groups excluding carboxylic acids is 1. The molecule has 1 unspecified atom stereocenters. The van der Waals surface area contributed by atoms with Crippen molar-refractivity contribution < 1.29 is 13.2 Å². The molecule has 1 atom stereocenters. The normalized spacial score (nSPS) is 17.1. The molecule has 3 N–H and O–H groups in total. The molecule has 23 heavy (non-hydrogen) atoms. The molecule has 0 radical (unpaired) electrons. The van der Waals surface area contributed by atoms with Crippen LogP contribution in [-0.4, -0.2) is 34.5 Å².